The van der Waals surface area contributed by atoms with Crippen molar-refractivity contribution in [1.29, 1.82) is 0 Å². The average Bonchev–Trinajstić information content (AvgIpc) is 3.01. The number of hydrogen-bond acceptors (Lipinski definition) is 4. The summed E-state index contributed by atoms with van der Waals surface area (Å²) in [6.07, 6.45) is 1.14. The van der Waals surface area contributed by atoms with E-state index in [-0.39, 0.29) is 5.91 Å². The Morgan fingerprint density at radius 2 is 1.58 bits per heavy atom. The lowest BCUT2D eigenvalue weighted by molar-refractivity contribution is -0.129. The fourth-order valence-electron chi connectivity index (χ4n) is 5.15. The smallest absolute Gasteiger partial charge is 0.316 e. The Bertz CT molecular complexity index is 1320. The molecule has 0 bridgehead atoms. The molecule has 8 nitrogen and oxygen atoms in total. The van der Waals surface area contributed by atoms with Crippen LogP contribution in [0.2, 0.25) is 0 Å². The summed E-state index contributed by atoms with van der Waals surface area (Å²) >= 11 is 0. The molecule has 3 aromatic rings. The molecule has 0 saturated carbocycles. The summed E-state index contributed by atoms with van der Waals surface area (Å²) < 4.78 is 0. The van der Waals surface area contributed by atoms with Gasteiger partial charge in [0.1, 0.15) is 5.54 Å². The molecule has 186 valence electrons. The van der Waals surface area contributed by atoms with Gasteiger partial charge in [0.15, 0.2) is 0 Å². The molecule has 1 aliphatic heterocycles. The lowest BCUT2D eigenvalue weighted by atomic mass is 9.58. The van der Waals surface area contributed by atoms with Crippen molar-refractivity contribution < 1.29 is 14.4 Å². The lowest BCUT2D eigenvalue weighted by Gasteiger charge is -2.46. The Hall–Kier alpha value is -4.17. The molecule has 1 aliphatic rings. The SMILES string of the molecule is CC(N)(C(N)=O)[C@@](C)(c1ccc(-c2ccccc2NC(N)=O)cc1)C1CCc2ccccc2NC1=O. The molecule has 4 rings (SSSR count). The third-order valence-corrected chi connectivity index (χ3v) is 7.56. The summed E-state index contributed by atoms with van der Waals surface area (Å²) in [6, 6.07) is 21.7. The number of primary amides is 2. The molecule has 4 amide bonds. The number of urea groups is 1. The fraction of sp³-hybridized carbons (Fsp3) is 0.250. The predicted molar refractivity (Wildman–Crippen MR) is 141 cm³/mol. The monoisotopic (exact) mass is 485 g/mol. The number of carbonyl (C=O) groups excluding carboxylic acids is 3. The van der Waals surface area contributed by atoms with Gasteiger partial charge in [-0.1, -0.05) is 67.6 Å². The zero-order chi connectivity index (χ0) is 26.1. The minimum absolute atomic E-state index is 0.208. The first-order chi connectivity index (χ1) is 17.1. The van der Waals surface area contributed by atoms with E-state index in [1.54, 1.807) is 19.1 Å². The molecular weight excluding hydrogens is 454 g/mol. The van der Waals surface area contributed by atoms with Gasteiger partial charge in [-0.25, -0.2) is 4.79 Å². The second-order valence-corrected chi connectivity index (χ2v) is 9.62. The molecule has 0 fully saturated rings. The third-order valence-electron chi connectivity index (χ3n) is 7.56. The van der Waals surface area contributed by atoms with Crippen molar-refractivity contribution in [2.75, 3.05) is 10.6 Å². The van der Waals surface area contributed by atoms with Crippen molar-refractivity contribution in [3.05, 3.63) is 83.9 Å². The zero-order valence-electron chi connectivity index (χ0n) is 20.4. The number of nitrogens with two attached hydrogens (primary N) is 3. The highest BCUT2D eigenvalue weighted by Crippen LogP contribution is 2.45. The third kappa shape index (κ3) is 4.31. The van der Waals surface area contributed by atoms with E-state index in [0.29, 0.717) is 24.1 Å². The first-order valence-corrected chi connectivity index (χ1v) is 11.8. The number of nitrogens with one attached hydrogen (secondary N) is 2. The minimum Gasteiger partial charge on any atom is -0.368 e. The summed E-state index contributed by atoms with van der Waals surface area (Å²) in [4.78, 5) is 37.6. The number of rotatable bonds is 6. The normalized spacial score (nSPS) is 18.5. The number of carbonyl (C=O) groups is 3. The number of para-hydroxylation sites is 2. The Morgan fingerprint density at radius 3 is 2.25 bits per heavy atom. The highest BCUT2D eigenvalue weighted by Gasteiger charge is 2.54. The molecule has 0 radical (unpaired) electrons. The number of hydrogen-bond donors (Lipinski definition) is 5. The molecule has 0 aromatic heterocycles. The molecule has 0 saturated heterocycles. The highest BCUT2D eigenvalue weighted by atomic mass is 16.2. The molecule has 36 heavy (non-hydrogen) atoms. The van der Waals surface area contributed by atoms with E-state index in [9.17, 15) is 14.4 Å². The first-order valence-electron chi connectivity index (χ1n) is 11.8. The number of amides is 4. The molecule has 8 N–H and O–H groups in total. The molecule has 3 aromatic carbocycles. The maximum Gasteiger partial charge on any atom is 0.316 e. The van der Waals surface area contributed by atoms with Gasteiger partial charge in [0.25, 0.3) is 0 Å². The van der Waals surface area contributed by atoms with Crippen LogP contribution in [-0.2, 0) is 21.4 Å². The Labute approximate surface area is 210 Å². The van der Waals surface area contributed by atoms with Crippen LogP contribution in [0.1, 0.15) is 31.4 Å². The van der Waals surface area contributed by atoms with E-state index in [2.05, 4.69) is 10.6 Å². The second-order valence-electron chi connectivity index (χ2n) is 9.62. The van der Waals surface area contributed by atoms with Gasteiger partial charge in [0.05, 0.1) is 11.6 Å². The topological polar surface area (TPSA) is 153 Å². The molecule has 2 unspecified atom stereocenters. The van der Waals surface area contributed by atoms with Crippen LogP contribution in [0, 0.1) is 5.92 Å². The standard InChI is InChI=1S/C28H31N5O3/c1-27(28(2,31)25(29)35,21-16-13-18-7-3-5-9-22(18)32-24(21)34)19-14-11-17(12-15-19)20-8-4-6-10-23(20)33-26(30)36/h3-12,14-15,21H,13,16,31H2,1-2H3,(H2,29,35)(H,32,34)(H3,30,33,36)/t21?,27-,28?/m0/s1. The minimum atomic E-state index is -1.53. The number of anilines is 2. The summed E-state index contributed by atoms with van der Waals surface area (Å²) in [5.41, 5.74) is 19.8. The van der Waals surface area contributed by atoms with Crippen molar-refractivity contribution in [3.8, 4) is 11.1 Å². The fourth-order valence-corrected chi connectivity index (χ4v) is 5.15. The largest absolute Gasteiger partial charge is 0.368 e. The number of fused-ring (bicyclic) bond motifs is 1. The van der Waals surface area contributed by atoms with Crippen LogP contribution in [-0.4, -0.2) is 23.4 Å². The number of benzene rings is 3. The average molecular weight is 486 g/mol. The van der Waals surface area contributed by atoms with Crippen LogP contribution in [0.5, 0.6) is 0 Å². The lowest BCUT2D eigenvalue weighted by Crippen LogP contribution is -2.66. The molecule has 0 aliphatic carbocycles. The van der Waals surface area contributed by atoms with E-state index in [1.165, 1.54) is 0 Å². The summed E-state index contributed by atoms with van der Waals surface area (Å²) in [5.74, 6) is -1.53. The molecule has 0 spiro atoms. The van der Waals surface area contributed by atoms with E-state index in [4.69, 9.17) is 17.2 Å². The van der Waals surface area contributed by atoms with Gasteiger partial charge in [0.2, 0.25) is 11.8 Å². The predicted octanol–water partition coefficient (Wildman–Crippen LogP) is 3.51. The van der Waals surface area contributed by atoms with Gasteiger partial charge in [-0.15, -0.1) is 0 Å². The Morgan fingerprint density at radius 1 is 0.944 bits per heavy atom. The molecule has 8 heteroatoms. The first kappa shape index (κ1) is 24.9. The molecule has 3 atom stereocenters. The van der Waals surface area contributed by atoms with E-state index in [1.807, 2.05) is 67.6 Å². The molecule has 1 heterocycles. The highest BCUT2D eigenvalue weighted by molar-refractivity contribution is 5.97. The van der Waals surface area contributed by atoms with Gasteiger partial charge < -0.3 is 27.8 Å². The zero-order valence-corrected chi connectivity index (χ0v) is 20.4. The van der Waals surface area contributed by atoms with Crippen LogP contribution < -0.4 is 27.8 Å². The van der Waals surface area contributed by atoms with Gasteiger partial charge in [-0.05, 0) is 48.6 Å². The van der Waals surface area contributed by atoms with Crippen LogP contribution in [0.25, 0.3) is 11.1 Å². The van der Waals surface area contributed by atoms with Gasteiger partial charge in [-0.2, -0.15) is 0 Å². The van der Waals surface area contributed by atoms with Crippen LogP contribution in [0.4, 0.5) is 16.2 Å². The van der Waals surface area contributed by atoms with Gasteiger partial charge in [-0.3, -0.25) is 9.59 Å². The van der Waals surface area contributed by atoms with Crippen molar-refractivity contribution >= 4 is 29.2 Å². The van der Waals surface area contributed by atoms with Crippen LogP contribution in [0.3, 0.4) is 0 Å². The van der Waals surface area contributed by atoms with E-state index in [0.717, 1.165) is 22.4 Å². The van der Waals surface area contributed by atoms with E-state index >= 15 is 0 Å². The van der Waals surface area contributed by atoms with Gasteiger partial charge >= 0.3 is 6.03 Å². The number of aryl methyl sites for hydroxylation is 1. The quantitative estimate of drug-likeness (QED) is 0.362. The summed E-state index contributed by atoms with van der Waals surface area (Å²) in [5, 5.41) is 5.66. The Balaban J connectivity index is 1.78. The maximum absolute atomic E-state index is 13.5. The van der Waals surface area contributed by atoms with Crippen molar-refractivity contribution in [2.45, 2.75) is 37.6 Å². The summed E-state index contributed by atoms with van der Waals surface area (Å²) in [7, 11) is 0. The van der Waals surface area contributed by atoms with E-state index < -0.39 is 28.8 Å². The van der Waals surface area contributed by atoms with Crippen molar-refractivity contribution in [1.82, 2.24) is 0 Å². The Kier molecular flexibility index (Phi) is 6.56. The van der Waals surface area contributed by atoms with Crippen molar-refractivity contribution in [3.63, 3.8) is 0 Å². The summed E-state index contributed by atoms with van der Waals surface area (Å²) in [6.45, 7) is 3.41. The second kappa shape index (κ2) is 9.47. The van der Waals surface area contributed by atoms with Crippen LogP contribution in [0.15, 0.2) is 72.8 Å². The molecular formula is C28H31N5O3. The van der Waals surface area contributed by atoms with Crippen molar-refractivity contribution in [2.24, 2.45) is 23.1 Å². The maximum atomic E-state index is 13.5. The van der Waals surface area contributed by atoms with Crippen LogP contribution >= 0.6 is 0 Å². The van der Waals surface area contributed by atoms with Gasteiger partial charge in [0, 0.05) is 16.7 Å².